The molecule has 19 heavy (non-hydrogen) atoms. The molecule has 1 unspecified atom stereocenters. The maximum Gasteiger partial charge on any atom is 0.222 e. The maximum absolute atomic E-state index is 12.1. The molecule has 0 aromatic rings. The van der Waals surface area contributed by atoms with Crippen molar-refractivity contribution >= 4 is 5.91 Å². The molecule has 0 bridgehead atoms. The van der Waals surface area contributed by atoms with Gasteiger partial charge in [-0.05, 0) is 38.0 Å². The molecule has 3 N–H and O–H groups in total. The van der Waals surface area contributed by atoms with E-state index in [1.165, 1.54) is 0 Å². The summed E-state index contributed by atoms with van der Waals surface area (Å²) in [5.74, 6) is 0.870. The summed E-state index contributed by atoms with van der Waals surface area (Å²) in [4.78, 5) is 14.0. The van der Waals surface area contributed by atoms with Crippen LogP contribution in [0.4, 0.5) is 0 Å². The number of hydrogen-bond donors (Lipinski definition) is 2. The van der Waals surface area contributed by atoms with Crippen molar-refractivity contribution in [1.82, 2.24) is 4.90 Å². The van der Waals surface area contributed by atoms with Crippen molar-refractivity contribution in [2.45, 2.75) is 50.7 Å². The van der Waals surface area contributed by atoms with E-state index in [-0.39, 0.29) is 18.6 Å². The number of carbonyl (C=O) groups is 1. The molecule has 110 valence electrons. The van der Waals surface area contributed by atoms with Gasteiger partial charge < -0.3 is 20.5 Å². The summed E-state index contributed by atoms with van der Waals surface area (Å²) in [6.07, 6.45) is 5.93. The van der Waals surface area contributed by atoms with E-state index in [0.717, 1.165) is 32.1 Å². The van der Waals surface area contributed by atoms with Gasteiger partial charge in [-0.2, -0.15) is 0 Å². The number of rotatable bonds is 4. The molecule has 0 aromatic carbocycles. The Bertz CT molecular complexity index is 290. The number of morpholine rings is 1. The van der Waals surface area contributed by atoms with Gasteiger partial charge in [0.1, 0.15) is 0 Å². The molecule has 1 heterocycles. The molecule has 5 nitrogen and oxygen atoms in total. The number of hydrogen-bond acceptors (Lipinski definition) is 4. The largest absolute Gasteiger partial charge is 0.394 e. The van der Waals surface area contributed by atoms with Crippen LogP contribution in [-0.2, 0) is 9.53 Å². The van der Waals surface area contributed by atoms with Crippen molar-refractivity contribution in [1.29, 1.82) is 0 Å². The molecule has 1 aliphatic heterocycles. The van der Waals surface area contributed by atoms with Crippen LogP contribution in [0.2, 0.25) is 0 Å². The molecule has 2 aliphatic rings. The Morgan fingerprint density at radius 1 is 1.32 bits per heavy atom. The van der Waals surface area contributed by atoms with Crippen LogP contribution in [-0.4, -0.2) is 54.4 Å². The van der Waals surface area contributed by atoms with E-state index in [2.05, 4.69) is 0 Å². The summed E-state index contributed by atoms with van der Waals surface area (Å²) in [6.45, 7) is 1.72. The summed E-state index contributed by atoms with van der Waals surface area (Å²) < 4.78 is 5.36. The lowest BCUT2D eigenvalue weighted by Gasteiger charge is -2.33. The maximum atomic E-state index is 12.1. The molecule has 0 radical (unpaired) electrons. The second-order valence-electron chi connectivity index (χ2n) is 5.83. The first-order valence-electron chi connectivity index (χ1n) is 7.45. The second kappa shape index (κ2) is 7.22. The Morgan fingerprint density at radius 3 is 2.74 bits per heavy atom. The highest BCUT2D eigenvalue weighted by Gasteiger charge is 2.25. The first-order chi connectivity index (χ1) is 9.19. The fourth-order valence-electron chi connectivity index (χ4n) is 3.02. The van der Waals surface area contributed by atoms with Gasteiger partial charge >= 0.3 is 0 Å². The number of nitrogens with zero attached hydrogens (tertiary/aromatic N) is 1. The van der Waals surface area contributed by atoms with Gasteiger partial charge in [0.15, 0.2) is 0 Å². The molecule has 1 atom stereocenters. The van der Waals surface area contributed by atoms with E-state index in [0.29, 0.717) is 38.1 Å². The van der Waals surface area contributed by atoms with Crippen molar-refractivity contribution < 1.29 is 14.6 Å². The number of amides is 1. The van der Waals surface area contributed by atoms with Gasteiger partial charge in [0.2, 0.25) is 5.91 Å². The van der Waals surface area contributed by atoms with Gasteiger partial charge in [0.05, 0.1) is 19.3 Å². The quantitative estimate of drug-likeness (QED) is 0.780. The molecule has 1 aliphatic carbocycles. The molecule has 1 saturated heterocycles. The SMILES string of the molecule is NC1CCC(CCC(=O)N2CCOC(CO)C2)CC1. The number of aliphatic hydroxyl groups is 1. The fourth-order valence-corrected chi connectivity index (χ4v) is 3.02. The highest BCUT2D eigenvalue weighted by molar-refractivity contribution is 5.76. The molecule has 1 saturated carbocycles. The van der Waals surface area contributed by atoms with Gasteiger partial charge in [-0.15, -0.1) is 0 Å². The van der Waals surface area contributed by atoms with Gasteiger partial charge in [-0.1, -0.05) is 0 Å². The number of aliphatic hydroxyl groups excluding tert-OH is 1. The van der Waals surface area contributed by atoms with Crippen LogP contribution in [0.5, 0.6) is 0 Å². The summed E-state index contributed by atoms with van der Waals surface area (Å²) in [5.41, 5.74) is 5.89. The highest BCUT2D eigenvalue weighted by Crippen LogP contribution is 2.27. The van der Waals surface area contributed by atoms with E-state index in [9.17, 15) is 4.79 Å². The molecular formula is C14H26N2O3. The molecule has 2 fully saturated rings. The van der Waals surface area contributed by atoms with Crippen molar-refractivity contribution in [3.8, 4) is 0 Å². The number of nitrogens with two attached hydrogens (primary N) is 1. The number of carbonyl (C=O) groups excluding carboxylic acids is 1. The van der Waals surface area contributed by atoms with E-state index < -0.39 is 0 Å². The smallest absolute Gasteiger partial charge is 0.222 e. The van der Waals surface area contributed by atoms with Crippen LogP contribution in [0.3, 0.4) is 0 Å². The van der Waals surface area contributed by atoms with Gasteiger partial charge in [-0.25, -0.2) is 0 Å². The Kier molecular flexibility index (Phi) is 5.60. The van der Waals surface area contributed by atoms with Gasteiger partial charge in [-0.3, -0.25) is 4.79 Å². The summed E-state index contributed by atoms with van der Waals surface area (Å²) >= 11 is 0. The Balaban J connectivity index is 1.69. The minimum absolute atomic E-state index is 0.00963. The molecule has 1 amide bonds. The van der Waals surface area contributed by atoms with Gasteiger partial charge in [0.25, 0.3) is 0 Å². The molecule has 5 heteroatoms. The first-order valence-corrected chi connectivity index (χ1v) is 7.45. The van der Waals surface area contributed by atoms with Gasteiger partial charge in [0, 0.05) is 25.6 Å². The minimum Gasteiger partial charge on any atom is -0.394 e. The van der Waals surface area contributed by atoms with Crippen LogP contribution in [0.15, 0.2) is 0 Å². The van der Waals surface area contributed by atoms with E-state index in [1.807, 2.05) is 4.90 Å². The lowest BCUT2D eigenvalue weighted by molar-refractivity contribution is -0.140. The zero-order chi connectivity index (χ0) is 13.7. The third-order valence-corrected chi connectivity index (χ3v) is 4.35. The van der Waals surface area contributed by atoms with Crippen LogP contribution in [0, 0.1) is 5.92 Å². The van der Waals surface area contributed by atoms with Crippen LogP contribution < -0.4 is 5.73 Å². The Hall–Kier alpha value is -0.650. The molecule has 0 spiro atoms. The summed E-state index contributed by atoms with van der Waals surface area (Å²) in [7, 11) is 0. The van der Waals surface area contributed by atoms with Crippen molar-refractivity contribution in [2.24, 2.45) is 11.7 Å². The van der Waals surface area contributed by atoms with Crippen molar-refractivity contribution in [2.75, 3.05) is 26.3 Å². The molecule has 0 aromatic heterocycles. The van der Waals surface area contributed by atoms with Crippen LogP contribution in [0.25, 0.3) is 0 Å². The zero-order valence-corrected chi connectivity index (χ0v) is 11.6. The third-order valence-electron chi connectivity index (χ3n) is 4.35. The average molecular weight is 270 g/mol. The predicted molar refractivity (Wildman–Crippen MR) is 72.6 cm³/mol. The molecular weight excluding hydrogens is 244 g/mol. The number of ether oxygens (including phenoxy) is 1. The lowest BCUT2D eigenvalue weighted by Crippen LogP contribution is -2.46. The van der Waals surface area contributed by atoms with E-state index in [4.69, 9.17) is 15.6 Å². The summed E-state index contributed by atoms with van der Waals surface area (Å²) in [6, 6.07) is 0.372. The van der Waals surface area contributed by atoms with E-state index in [1.54, 1.807) is 0 Å². The Morgan fingerprint density at radius 2 is 2.05 bits per heavy atom. The fraction of sp³-hybridized carbons (Fsp3) is 0.929. The predicted octanol–water partition coefficient (Wildman–Crippen LogP) is 0.504. The monoisotopic (exact) mass is 270 g/mol. The molecule has 2 rings (SSSR count). The summed E-state index contributed by atoms with van der Waals surface area (Å²) in [5, 5.41) is 9.07. The topological polar surface area (TPSA) is 75.8 Å². The minimum atomic E-state index is -0.203. The average Bonchev–Trinajstić information content (AvgIpc) is 2.46. The Labute approximate surface area is 115 Å². The highest BCUT2D eigenvalue weighted by atomic mass is 16.5. The zero-order valence-electron chi connectivity index (χ0n) is 11.6. The van der Waals surface area contributed by atoms with Crippen molar-refractivity contribution in [3.05, 3.63) is 0 Å². The first kappa shape index (κ1) is 14.8. The van der Waals surface area contributed by atoms with E-state index >= 15 is 0 Å². The standard InChI is InChI=1S/C14H26N2O3/c15-12-4-1-11(2-5-12)3-6-14(18)16-7-8-19-13(9-16)10-17/h11-13,17H,1-10,15H2. The van der Waals surface area contributed by atoms with Crippen LogP contribution in [0.1, 0.15) is 38.5 Å². The normalized spacial score (nSPS) is 32.3. The lowest BCUT2D eigenvalue weighted by atomic mass is 9.83. The third kappa shape index (κ3) is 4.44. The second-order valence-corrected chi connectivity index (χ2v) is 5.83. The van der Waals surface area contributed by atoms with Crippen molar-refractivity contribution in [3.63, 3.8) is 0 Å². The van der Waals surface area contributed by atoms with Crippen LogP contribution >= 0.6 is 0 Å².